The van der Waals surface area contributed by atoms with Crippen molar-refractivity contribution in [3.05, 3.63) is 24.2 Å². The summed E-state index contributed by atoms with van der Waals surface area (Å²) >= 11 is 0. The van der Waals surface area contributed by atoms with Gasteiger partial charge in [0.1, 0.15) is 0 Å². The number of ether oxygens (including phenoxy) is 1. The Morgan fingerprint density at radius 1 is 1.39 bits per heavy atom. The van der Waals surface area contributed by atoms with E-state index in [4.69, 9.17) is 14.9 Å². The average Bonchev–Trinajstić information content (AvgIpc) is 2.94. The lowest BCUT2D eigenvalue weighted by atomic mass is 9.88. The van der Waals surface area contributed by atoms with E-state index in [-0.39, 0.29) is 6.04 Å². The van der Waals surface area contributed by atoms with Gasteiger partial charge in [0.15, 0.2) is 0 Å². The van der Waals surface area contributed by atoms with Crippen molar-refractivity contribution in [3.8, 4) is 0 Å². The Balaban J connectivity index is 1.80. The van der Waals surface area contributed by atoms with Crippen molar-refractivity contribution in [1.29, 1.82) is 0 Å². The van der Waals surface area contributed by atoms with Crippen LogP contribution in [0.2, 0.25) is 0 Å². The summed E-state index contributed by atoms with van der Waals surface area (Å²) < 4.78 is 11.1. The predicted molar refractivity (Wildman–Crippen MR) is 69.2 cm³/mol. The summed E-state index contributed by atoms with van der Waals surface area (Å²) in [5.74, 6) is 0. The summed E-state index contributed by atoms with van der Waals surface area (Å²) in [4.78, 5) is 2.54. The standard InChI is InChI=1S/C14H22N2O2/c15-9-13(11-5-7-17-10-11)16-6-8-18-14-4-2-1-3-12(14)16/h5,7,10,12-14H,1-4,6,8-9,15H2. The highest BCUT2D eigenvalue weighted by atomic mass is 16.5. The normalized spacial score (nSPS) is 30.9. The van der Waals surface area contributed by atoms with Gasteiger partial charge in [-0.1, -0.05) is 12.8 Å². The van der Waals surface area contributed by atoms with Crippen LogP contribution in [0.5, 0.6) is 0 Å². The zero-order valence-corrected chi connectivity index (χ0v) is 10.8. The number of furan rings is 1. The quantitative estimate of drug-likeness (QED) is 0.890. The first-order chi connectivity index (χ1) is 8.90. The van der Waals surface area contributed by atoms with Gasteiger partial charge in [-0.15, -0.1) is 0 Å². The molecule has 3 rings (SSSR count). The fourth-order valence-electron chi connectivity index (χ4n) is 3.44. The molecule has 1 saturated carbocycles. The molecule has 0 bridgehead atoms. The monoisotopic (exact) mass is 250 g/mol. The van der Waals surface area contributed by atoms with Crippen LogP contribution in [0.3, 0.4) is 0 Å². The van der Waals surface area contributed by atoms with Gasteiger partial charge in [-0.25, -0.2) is 0 Å². The van der Waals surface area contributed by atoms with Gasteiger partial charge in [0.25, 0.3) is 0 Å². The first kappa shape index (κ1) is 12.2. The molecule has 4 nitrogen and oxygen atoms in total. The lowest BCUT2D eigenvalue weighted by Gasteiger charge is -2.47. The van der Waals surface area contributed by atoms with Crippen LogP contribution in [-0.2, 0) is 4.74 Å². The van der Waals surface area contributed by atoms with E-state index >= 15 is 0 Å². The highest BCUT2D eigenvalue weighted by molar-refractivity contribution is 5.13. The maximum atomic E-state index is 5.99. The third-order valence-corrected chi connectivity index (χ3v) is 4.33. The molecule has 3 unspecified atom stereocenters. The Morgan fingerprint density at radius 3 is 3.06 bits per heavy atom. The van der Waals surface area contributed by atoms with E-state index < -0.39 is 0 Å². The Bertz CT molecular complexity index is 364. The van der Waals surface area contributed by atoms with Gasteiger partial charge in [-0.05, 0) is 18.9 Å². The van der Waals surface area contributed by atoms with E-state index in [0.29, 0.717) is 18.7 Å². The summed E-state index contributed by atoms with van der Waals surface area (Å²) in [6.07, 6.45) is 9.01. The van der Waals surface area contributed by atoms with Gasteiger partial charge in [0.2, 0.25) is 0 Å². The van der Waals surface area contributed by atoms with Crippen molar-refractivity contribution in [1.82, 2.24) is 4.90 Å². The molecule has 1 aromatic rings. The SMILES string of the molecule is NCC(c1ccoc1)N1CCOC2CCCCC21. The molecule has 0 radical (unpaired) electrons. The third-order valence-electron chi connectivity index (χ3n) is 4.33. The third kappa shape index (κ3) is 2.20. The molecule has 0 aromatic carbocycles. The molecular weight excluding hydrogens is 228 g/mol. The topological polar surface area (TPSA) is 51.6 Å². The molecule has 18 heavy (non-hydrogen) atoms. The molecule has 0 spiro atoms. The fourth-order valence-corrected chi connectivity index (χ4v) is 3.44. The molecular formula is C14H22N2O2. The van der Waals surface area contributed by atoms with Gasteiger partial charge in [-0.2, -0.15) is 0 Å². The van der Waals surface area contributed by atoms with E-state index in [9.17, 15) is 0 Å². The molecule has 1 aliphatic heterocycles. The highest BCUT2D eigenvalue weighted by Gasteiger charge is 2.37. The number of hydrogen-bond acceptors (Lipinski definition) is 4. The van der Waals surface area contributed by atoms with Crippen LogP contribution in [0.4, 0.5) is 0 Å². The van der Waals surface area contributed by atoms with Gasteiger partial charge >= 0.3 is 0 Å². The number of morpholine rings is 1. The first-order valence-corrected chi connectivity index (χ1v) is 6.99. The van der Waals surface area contributed by atoms with E-state index in [1.165, 1.54) is 31.2 Å². The number of rotatable bonds is 3. The van der Waals surface area contributed by atoms with Crippen molar-refractivity contribution in [2.75, 3.05) is 19.7 Å². The van der Waals surface area contributed by atoms with Crippen molar-refractivity contribution in [2.45, 2.75) is 43.9 Å². The highest BCUT2D eigenvalue weighted by Crippen LogP contribution is 2.33. The first-order valence-electron chi connectivity index (χ1n) is 6.99. The van der Waals surface area contributed by atoms with E-state index in [0.717, 1.165) is 13.2 Å². The van der Waals surface area contributed by atoms with Crippen molar-refractivity contribution in [2.24, 2.45) is 5.73 Å². The molecule has 2 aliphatic rings. The summed E-state index contributed by atoms with van der Waals surface area (Å²) in [6.45, 7) is 2.45. The minimum atomic E-state index is 0.276. The molecule has 1 aromatic heterocycles. The number of fused-ring (bicyclic) bond motifs is 1. The van der Waals surface area contributed by atoms with Crippen LogP contribution in [-0.4, -0.2) is 36.7 Å². The lowest BCUT2D eigenvalue weighted by Crippen LogP contribution is -2.54. The summed E-state index contributed by atoms with van der Waals surface area (Å²) in [5.41, 5.74) is 7.19. The average molecular weight is 250 g/mol. The Hall–Kier alpha value is -0.840. The van der Waals surface area contributed by atoms with Crippen LogP contribution in [0.25, 0.3) is 0 Å². The molecule has 4 heteroatoms. The second kappa shape index (κ2) is 5.43. The molecule has 2 heterocycles. The second-order valence-corrected chi connectivity index (χ2v) is 5.31. The van der Waals surface area contributed by atoms with Crippen molar-refractivity contribution in [3.63, 3.8) is 0 Å². The maximum absolute atomic E-state index is 5.99. The summed E-state index contributed by atoms with van der Waals surface area (Å²) in [6, 6.07) is 2.85. The largest absolute Gasteiger partial charge is 0.472 e. The Kier molecular flexibility index (Phi) is 3.68. The maximum Gasteiger partial charge on any atom is 0.0950 e. The Morgan fingerprint density at radius 2 is 2.28 bits per heavy atom. The zero-order chi connectivity index (χ0) is 12.4. The van der Waals surface area contributed by atoms with Crippen molar-refractivity contribution >= 4 is 0 Å². The molecule has 0 amide bonds. The minimum absolute atomic E-state index is 0.276. The molecule has 3 atom stereocenters. The van der Waals surface area contributed by atoms with E-state index in [2.05, 4.69) is 4.90 Å². The predicted octanol–water partition coefficient (Wildman–Crippen LogP) is 1.92. The molecule has 100 valence electrons. The van der Waals surface area contributed by atoms with Gasteiger partial charge in [0.05, 0.1) is 31.3 Å². The van der Waals surface area contributed by atoms with Gasteiger partial charge < -0.3 is 14.9 Å². The lowest BCUT2D eigenvalue weighted by molar-refractivity contribution is -0.102. The zero-order valence-electron chi connectivity index (χ0n) is 10.8. The molecule has 2 fully saturated rings. The smallest absolute Gasteiger partial charge is 0.0950 e. The molecule has 1 aliphatic carbocycles. The summed E-state index contributed by atoms with van der Waals surface area (Å²) in [7, 11) is 0. The van der Waals surface area contributed by atoms with Crippen molar-refractivity contribution < 1.29 is 9.15 Å². The molecule has 2 N–H and O–H groups in total. The Labute approximate surface area is 108 Å². The van der Waals surface area contributed by atoms with Crippen LogP contribution >= 0.6 is 0 Å². The van der Waals surface area contributed by atoms with Crippen LogP contribution in [0.15, 0.2) is 23.0 Å². The molecule has 1 saturated heterocycles. The van der Waals surface area contributed by atoms with Crippen LogP contribution < -0.4 is 5.73 Å². The number of hydrogen-bond donors (Lipinski definition) is 1. The van der Waals surface area contributed by atoms with E-state index in [1.807, 2.05) is 12.3 Å². The van der Waals surface area contributed by atoms with Gasteiger partial charge in [-0.3, -0.25) is 4.90 Å². The summed E-state index contributed by atoms with van der Waals surface area (Å²) in [5, 5.41) is 0. The van der Waals surface area contributed by atoms with Gasteiger partial charge in [0, 0.05) is 24.7 Å². The fraction of sp³-hybridized carbons (Fsp3) is 0.714. The number of nitrogens with zero attached hydrogens (tertiary/aromatic N) is 1. The second-order valence-electron chi connectivity index (χ2n) is 5.31. The van der Waals surface area contributed by atoms with Crippen LogP contribution in [0.1, 0.15) is 37.3 Å². The van der Waals surface area contributed by atoms with E-state index in [1.54, 1.807) is 6.26 Å². The van der Waals surface area contributed by atoms with Crippen LogP contribution in [0, 0.1) is 0 Å². The minimum Gasteiger partial charge on any atom is -0.472 e. The number of nitrogens with two attached hydrogens (primary N) is 1.